The molecule has 2 heterocycles. The highest BCUT2D eigenvalue weighted by molar-refractivity contribution is 5.90. The maximum atomic E-state index is 12.1. The molecule has 3 aromatic rings. The predicted octanol–water partition coefficient (Wildman–Crippen LogP) is 3.95. The summed E-state index contributed by atoms with van der Waals surface area (Å²) in [6.45, 7) is 0.542. The maximum absolute atomic E-state index is 12.1. The number of hydrogen-bond donors (Lipinski definition) is 1. The van der Waals surface area contributed by atoms with Crippen LogP contribution in [0.5, 0.6) is 5.88 Å². The molecule has 0 saturated carbocycles. The summed E-state index contributed by atoms with van der Waals surface area (Å²) in [5.41, 5.74) is 2.23. The molecule has 0 radical (unpaired) electrons. The van der Waals surface area contributed by atoms with Crippen molar-refractivity contribution in [2.24, 2.45) is 0 Å². The number of carbonyl (C=O) groups excluding carboxylic acids is 1. The molecule has 0 spiro atoms. The van der Waals surface area contributed by atoms with E-state index in [0.717, 1.165) is 11.1 Å². The molecule has 1 N–H and O–H groups in total. The number of aromatic nitrogens is 3. The lowest BCUT2D eigenvalue weighted by Crippen LogP contribution is -2.19. The number of benzene rings is 1. The number of anilines is 1. The van der Waals surface area contributed by atoms with E-state index in [9.17, 15) is 18.0 Å². The minimum Gasteiger partial charge on any atom is -0.468 e. The highest BCUT2D eigenvalue weighted by Crippen LogP contribution is 2.20. The van der Waals surface area contributed by atoms with Gasteiger partial charge in [-0.05, 0) is 25.1 Å². The molecule has 0 saturated heterocycles. The van der Waals surface area contributed by atoms with Crippen molar-refractivity contribution in [2.75, 3.05) is 11.9 Å². The lowest BCUT2D eigenvalue weighted by molar-refractivity contribution is -0.154. The summed E-state index contributed by atoms with van der Waals surface area (Å²) in [6, 6.07) is 10.2. The number of carbonyl (C=O) groups is 1. The number of rotatable bonds is 7. The largest absolute Gasteiger partial charge is 0.468 e. The monoisotopic (exact) mass is 406 g/mol. The molecule has 10 heteroatoms. The van der Waals surface area contributed by atoms with Crippen LogP contribution in [0.15, 0.2) is 47.0 Å². The first-order chi connectivity index (χ1) is 13.8. The van der Waals surface area contributed by atoms with Crippen LogP contribution in [0.25, 0.3) is 11.5 Å². The minimum atomic E-state index is -4.44. The Morgan fingerprint density at radius 1 is 1.14 bits per heavy atom. The highest BCUT2D eigenvalue weighted by atomic mass is 19.4. The van der Waals surface area contributed by atoms with E-state index in [1.54, 1.807) is 0 Å². The molecular weight excluding hydrogens is 389 g/mol. The number of pyridine rings is 1. The van der Waals surface area contributed by atoms with Crippen LogP contribution < -0.4 is 10.1 Å². The van der Waals surface area contributed by atoms with E-state index in [-0.39, 0.29) is 24.6 Å². The van der Waals surface area contributed by atoms with Crippen molar-refractivity contribution >= 4 is 11.6 Å². The number of hydrogen-bond acceptors (Lipinski definition) is 6. The molecule has 0 aliphatic heterocycles. The average Bonchev–Trinajstić information content (AvgIpc) is 3.15. The number of amides is 1. The van der Waals surface area contributed by atoms with Gasteiger partial charge in [-0.2, -0.15) is 13.2 Å². The first kappa shape index (κ1) is 20.3. The number of ether oxygens (including phenoxy) is 1. The Morgan fingerprint density at radius 2 is 1.90 bits per heavy atom. The lowest BCUT2D eigenvalue weighted by atomic mass is 10.1. The van der Waals surface area contributed by atoms with E-state index in [0.29, 0.717) is 17.5 Å². The van der Waals surface area contributed by atoms with Crippen LogP contribution in [0.4, 0.5) is 18.9 Å². The lowest BCUT2D eigenvalue weighted by Gasteiger charge is -2.09. The first-order valence-corrected chi connectivity index (χ1v) is 8.63. The van der Waals surface area contributed by atoms with Crippen molar-refractivity contribution in [2.45, 2.75) is 25.9 Å². The van der Waals surface area contributed by atoms with Crippen LogP contribution in [-0.4, -0.2) is 33.9 Å². The summed E-state index contributed by atoms with van der Waals surface area (Å²) in [5.74, 6) is 0.185. The second-order valence-electron chi connectivity index (χ2n) is 6.20. The number of aryl methyl sites for hydroxylation is 2. The van der Waals surface area contributed by atoms with Crippen LogP contribution in [0.3, 0.4) is 0 Å². The van der Waals surface area contributed by atoms with Crippen LogP contribution in [0, 0.1) is 6.92 Å². The zero-order chi connectivity index (χ0) is 20.9. The Hall–Kier alpha value is -3.43. The number of alkyl halides is 3. The average molecular weight is 406 g/mol. The van der Waals surface area contributed by atoms with Crippen LogP contribution in [0.1, 0.15) is 17.9 Å². The van der Waals surface area contributed by atoms with Crippen molar-refractivity contribution in [1.82, 2.24) is 15.2 Å². The molecular formula is C19H17F3N4O3. The van der Waals surface area contributed by atoms with Crippen molar-refractivity contribution in [3.63, 3.8) is 0 Å². The molecule has 0 atom stereocenters. The van der Waals surface area contributed by atoms with E-state index in [1.165, 1.54) is 18.3 Å². The molecule has 2 aromatic heterocycles. The van der Waals surface area contributed by atoms with Gasteiger partial charge < -0.3 is 14.5 Å². The second kappa shape index (κ2) is 8.72. The molecule has 0 bridgehead atoms. The fourth-order valence-electron chi connectivity index (χ4n) is 2.31. The Morgan fingerprint density at radius 3 is 2.55 bits per heavy atom. The summed E-state index contributed by atoms with van der Waals surface area (Å²) in [6.07, 6.45) is -2.90. The Balaban J connectivity index is 1.48. The Labute approximate surface area is 163 Å². The van der Waals surface area contributed by atoms with Gasteiger partial charge in [-0.1, -0.05) is 17.7 Å². The van der Waals surface area contributed by atoms with Gasteiger partial charge in [0.25, 0.3) is 0 Å². The summed E-state index contributed by atoms with van der Waals surface area (Å²) >= 11 is 0. The number of halogens is 3. The van der Waals surface area contributed by atoms with Gasteiger partial charge in [0.2, 0.25) is 23.6 Å². The molecule has 1 amide bonds. The number of nitrogens with one attached hydrogen (secondary N) is 1. The molecule has 0 unspecified atom stereocenters. The summed E-state index contributed by atoms with van der Waals surface area (Å²) in [5, 5.41) is 10.5. The van der Waals surface area contributed by atoms with E-state index in [4.69, 9.17) is 4.42 Å². The van der Waals surface area contributed by atoms with Crippen molar-refractivity contribution in [3.05, 3.63) is 54.0 Å². The van der Waals surface area contributed by atoms with E-state index >= 15 is 0 Å². The third kappa shape index (κ3) is 6.30. The fourth-order valence-corrected chi connectivity index (χ4v) is 2.31. The van der Waals surface area contributed by atoms with Crippen molar-refractivity contribution < 1.29 is 27.1 Å². The topological polar surface area (TPSA) is 90.1 Å². The normalized spacial score (nSPS) is 11.3. The molecule has 1 aromatic carbocycles. The smallest absolute Gasteiger partial charge is 0.422 e. The van der Waals surface area contributed by atoms with Crippen LogP contribution >= 0.6 is 0 Å². The fraction of sp³-hybridized carbons (Fsp3) is 0.263. The van der Waals surface area contributed by atoms with Gasteiger partial charge in [0, 0.05) is 24.5 Å². The maximum Gasteiger partial charge on any atom is 0.422 e. The van der Waals surface area contributed by atoms with Crippen LogP contribution in [-0.2, 0) is 11.2 Å². The standard InChI is InChI=1S/C19H17F3N4O3/c1-12-2-4-13(5-3-12)18-26-25-17(29-18)9-7-15(27)24-14-6-8-16(23-10-14)28-11-19(20,21)22/h2-6,8,10H,7,9,11H2,1H3,(H,24,27). The quantitative estimate of drug-likeness (QED) is 0.639. The molecule has 29 heavy (non-hydrogen) atoms. The second-order valence-corrected chi connectivity index (χ2v) is 6.20. The van der Waals surface area contributed by atoms with Gasteiger partial charge in [0.15, 0.2) is 6.61 Å². The van der Waals surface area contributed by atoms with Gasteiger partial charge in [-0.3, -0.25) is 4.79 Å². The first-order valence-electron chi connectivity index (χ1n) is 8.63. The van der Waals surface area contributed by atoms with Crippen molar-refractivity contribution in [3.8, 4) is 17.3 Å². The zero-order valence-corrected chi connectivity index (χ0v) is 15.4. The van der Waals surface area contributed by atoms with Crippen molar-refractivity contribution in [1.29, 1.82) is 0 Å². The Bertz CT molecular complexity index is 954. The predicted molar refractivity (Wildman–Crippen MR) is 97.2 cm³/mol. The SMILES string of the molecule is Cc1ccc(-c2nnc(CCC(=O)Nc3ccc(OCC(F)(F)F)nc3)o2)cc1. The van der Waals surface area contributed by atoms with Gasteiger partial charge >= 0.3 is 6.18 Å². The van der Waals surface area contributed by atoms with Crippen LogP contribution in [0.2, 0.25) is 0 Å². The third-order valence-electron chi connectivity index (χ3n) is 3.74. The summed E-state index contributed by atoms with van der Waals surface area (Å²) in [7, 11) is 0. The summed E-state index contributed by atoms with van der Waals surface area (Å²) in [4.78, 5) is 15.8. The van der Waals surface area contributed by atoms with E-state index in [2.05, 4.69) is 25.2 Å². The minimum absolute atomic E-state index is 0.0852. The Kier molecular flexibility index (Phi) is 6.10. The van der Waals surface area contributed by atoms with Gasteiger partial charge in [-0.25, -0.2) is 4.98 Å². The zero-order valence-electron chi connectivity index (χ0n) is 15.4. The molecule has 7 nitrogen and oxygen atoms in total. The van der Waals surface area contributed by atoms with E-state index < -0.39 is 12.8 Å². The molecule has 152 valence electrons. The summed E-state index contributed by atoms with van der Waals surface area (Å²) < 4.78 is 46.4. The van der Waals surface area contributed by atoms with Gasteiger partial charge in [-0.15, -0.1) is 10.2 Å². The van der Waals surface area contributed by atoms with Gasteiger partial charge in [0.1, 0.15) is 0 Å². The highest BCUT2D eigenvalue weighted by Gasteiger charge is 2.28. The molecule has 0 aliphatic carbocycles. The molecule has 0 fully saturated rings. The molecule has 3 rings (SSSR count). The number of nitrogens with zero attached hydrogens (tertiary/aromatic N) is 3. The van der Waals surface area contributed by atoms with E-state index in [1.807, 2.05) is 31.2 Å². The third-order valence-corrected chi connectivity index (χ3v) is 3.74. The molecule has 0 aliphatic rings. The van der Waals surface area contributed by atoms with Gasteiger partial charge in [0.05, 0.1) is 11.9 Å².